The lowest BCUT2D eigenvalue weighted by atomic mass is 10.1. The Labute approximate surface area is 136 Å². The summed E-state index contributed by atoms with van der Waals surface area (Å²) in [7, 11) is 1.51. The highest BCUT2D eigenvalue weighted by Gasteiger charge is 2.15. The molecule has 0 saturated carbocycles. The maximum absolute atomic E-state index is 12.1. The zero-order valence-corrected chi connectivity index (χ0v) is 14.0. The molecule has 7 heteroatoms. The highest BCUT2D eigenvalue weighted by atomic mass is 16.2. The van der Waals surface area contributed by atoms with Crippen molar-refractivity contribution in [1.29, 1.82) is 0 Å². The average Bonchev–Trinajstić information content (AvgIpc) is 2.47. The molecule has 0 saturated heterocycles. The molecule has 23 heavy (non-hydrogen) atoms. The van der Waals surface area contributed by atoms with Crippen molar-refractivity contribution in [1.82, 2.24) is 10.2 Å². The Bertz CT molecular complexity index is 590. The van der Waals surface area contributed by atoms with Crippen LogP contribution in [0.2, 0.25) is 0 Å². The SMILES string of the molecule is Cc1cc(C)c(NC(=O)CN(C)C(=O)CNC(=O)CN)c(C)c1. The van der Waals surface area contributed by atoms with Gasteiger partial charge in [0.15, 0.2) is 0 Å². The molecule has 0 atom stereocenters. The van der Waals surface area contributed by atoms with Gasteiger partial charge >= 0.3 is 0 Å². The Morgan fingerprint density at radius 3 is 2.17 bits per heavy atom. The molecule has 126 valence electrons. The van der Waals surface area contributed by atoms with E-state index in [0.717, 1.165) is 22.4 Å². The van der Waals surface area contributed by atoms with E-state index in [9.17, 15) is 14.4 Å². The van der Waals surface area contributed by atoms with E-state index in [0.29, 0.717) is 0 Å². The zero-order chi connectivity index (χ0) is 17.6. The van der Waals surface area contributed by atoms with Gasteiger partial charge in [0.25, 0.3) is 0 Å². The van der Waals surface area contributed by atoms with Crippen LogP contribution in [-0.4, -0.2) is 49.3 Å². The van der Waals surface area contributed by atoms with Gasteiger partial charge in [-0.1, -0.05) is 17.7 Å². The quantitative estimate of drug-likeness (QED) is 0.690. The second kappa shape index (κ2) is 8.28. The topological polar surface area (TPSA) is 105 Å². The van der Waals surface area contributed by atoms with Crippen molar-refractivity contribution in [2.24, 2.45) is 5.73 Å². The minimum absolute atomic E-state index is 0.0932. The van der Waals surface area contributed by atoms with E-state index in [2.05, 4.69) is 10.6 Å². The number of nitrogens with zero attached hydrogens (tertiary/aromatic N) is 1. The van der Waals surface area contributed by atoms with E-state index in [-0.39, 0.29) is 31.4 Å². The van der Waals surface area contributed by atoms with Crippen molar-refractivity contribution in [3.8, 4) is 0 Å². The predicted molar refractivity (Wildman–Crippen MR) is 89.0 cm³/mol. The van der Waals surface area contributed by atoms with E-state index >= 15 is 0 Å². The minimum Gasteiger partial charge on any atom is -0.346 e. The number of nitrogens with two attached hydrogens (primary N) is 1. The fourth-order valence-corrected chi connectivity index (χ4v) is 2.24. The molecule has 0 fully saturated rings. The molecule has 0 heterocycles. The normalized spacial score (nSPS) is 10.1. The summed E-state index contributed by atoms with van der Waals surface area (Å²) in [6, 6.07) is 3.97. The molecule has 0 radical (unpaired) electrons. The number of carbonyl (C=O) groups excluding carboxylic acids is 3. The lowest BCUT2D eigenvalue weighted by molar-refractivity contribution is -0.134. The first kappa shape index (κ1) is 18.6. The Morgan fingerprint density at radius 2 is 1.65 bits per heavy atom. The molecule has 3 amide bonds. The number of anilines is 1. The van der Waals surface area contributed by atoms with Gasteiger partial charge in [0.2, 0.25) is 17.7 Å². The van der Waals surface area contributed by atoms with Crippen LogP contribution in [0, 0.1) is 20.8 Å². The molecular weight excluding hydrogens is 296 g/mol. The molecule has 0 aliphatic rings. The minimum atomic E-state index is -0.415. The number of hydrogen-bond acceptors (Lipinski definition) is 4. The standard InChI is InChI=1S/C16H24N4O3/c1-10-5-11(2)16(12(3)6-10)19-14(22)9-20(4)15(23)8-18-13(21)7-17/h5-6H,7-9,17H2,1-4H3,(H,18,21)(H,19,22). The Hall–Kier alpha value is -2.41. The number of hydrogen-bond donors (Lipinski definition) is 3. The van der Waals surface area contributed by atoms with Gasteiger partial charge in [0.1, 0.15) is 0 Å². The molecule has 4 N–H and O–H groups in total. The van der Waals surface area contributed by atoms with Gasteiger partial charge in [0, 0.05) is 12.7 Å². The number of aryl methyl sites for hydroxylation is 3. The van der Waals surface area contributed by atoms with Gasteiger partial charge < -0.3 is 21.3 Å². The summed E-state index contributed by atoms with van der Waals surface area (Å²) < 4.78 is 0. The molecule has 0 aliphatic heterocycles. The van der Waals surface area contributed by atoms with E-state index in [1.54, 1.807) is 0 Å². The maximum Gasteiger partial charge on any atom is 0.243 e. The smallest absolute Gasteiger partial charge is 0.243 e. The van der Waals surface area contributed by atoms with Crippen molar-refractivity contribution in [2.75, 3.05) is 32.0 Å². The fourth-order valence-electron chi connectivity index (χ4n) is 2.24. The lowest BCUT2D eigenvalue weighted by Crippen LogP contribution is -2.42. The third-order valence-electron chi connectivity index (χ3n) is 3.37. The molecule has 1 rings (SSSR count). The van der Waals surface area contributed by atoms with Crippen LogP contribution in [0.1, 0.15) is 16.7 Å². The predicted octanol–water partition coefficient (Wildman–Crippen LogP) is 0.0837. The van der Waals surface area contributed by atoms with Gasteiger partial charge in [-0.15, -0.1) is 0 Å². The number of benzene rings is 1. The van der Waals surface area contributed by atoms with Crippen LogP contribution in [0.15, 0.2) is 12.1 Å². The third-order valence-corrected chi connectivity index (χ3v) is 3.37. The second-order valence-electron chi connectivity index (χ2n) is 5.55. The van der Waals surface area contributed by atoms with Gasteiger partial charge in [-0.25, -0.2) is 0 Å². The van der Waals surface area contributed by atoms with Crippen molar-refractivity contribution >= 4 is 23.4 Å². The first-order chi connectivity index (χ1) is 10.7. The number of likely N-dealkylation sites (N-methyl/N-ethyl adjacent to an activating group) is 1. The maximum atomic E-state index is 12.1. The van der Waals surface area contributed by atoms with Crippen LogP contribution in [-0.2, 0) is 14.4 Å². The monoisotopic (exact) mass is 320 g/mol. The Kier molecular flexibility index (Phi) is 6.71. The molecule has 0 unspecified atom stereocenters. The first-order valence-electron chi connectivity index (χ1n) is 7.33. The van der Waals surface area contributed by atoms with E-state index in [1.165, 1.54) is 11.9 Å². The van der Waals surface area contributed by atoms with Crippen LogP contribution in [0.3, 0.4) is 0 Å². The number of carbonyl (C=O) groups is 3. The van der Waals surface area contributed by atoms with Crippen LogP contribution >= 0.6 is 0 Å². The molecule has 0 bridgehead atoms. The molecule has 1 aromatic rings. The lowest BCUT2D eigenvalue weighted by Gasteiger charge is -2.18. The summed E-state index contributed by atoms with van der Waals surface area (Å²) in [5.41, 5.74) is 8.97. The number of amides is 3. The first-order valence-corrected chi connectivity index (χ1v) is 7.33. The summed E-state index contributed by atoms with van der Waals surface area (Å²) in [6.45, 7) is 5.39. The molecule has 1 aromatic carbocycles. The van der Waals surface area contributed by atoms with Crippen molar-refractivity contribution < 1.29 is 14.4 Å². The molecule has 0 aromatic heterocycles. The summed E-state index contributed by atoms with van der Waals surface area (Å²) in [6.07, 6.45) is 0. The van der Waals surface area contributed by atoms with Crippen LogP contribution in [0.4, 0.5) is 5.69 Å². The van der Waals surface area contributed by atoms with Crippen molar-refractivity contribution in [3.05, 3.63) is 28.8 Å². The van der Waals surface area contributed by atoms with Crippen molar-refractivity contribution in [3.63, 3.8) is 0 Å². The molecule has 0 aliphatic carbocycles. The highest BCUT2D eigenvalue weighted by Crippen LogP contribution is 2.21. The van der Waals surface area contributed by atoms with Crippen molar-refractivity contribution in [2.45, 2.75) is 20.8 Å². The van der Waals surface area contributed by atoms with E-state index < -0.39 is 5.91 Å². The van der Waals surface area contributed by atoms with Gasteiger partial charge in [-0.3, -0.25) is 14.4 Å². The zero-order valence-electron chi connectivity index (χ0n) is 14.0. The van der Waals surface area contributed by atoms with Crippen LogP contribution < -0.4 is 16.4 Å². The van der Waals surface area contributed by atoms with Crippen LogP contribution in [0.25, 0.3) is 0 Å². The van der Waals surface area contributed by atoms with Gasteiger partial charge in [0.05, 0.1) is 19.6 Å². The average molecular weight is 320 g/mol. The Morgan fingerprint density at radius 1 is 1.09 bits per heavy atom. The fraction of sp³-hybridized carbons (Fsp3) is 0.438. The molecular formula is C16H24N4O3. The largest absolute Gasteiger partial charge is 0.346 e. The molecule has 0 spiro atoms. The number of rotatable bonds is 6. The Balaban J connectivity index is 2.59. The van der Waals surface area contributed by atoms with E-state index in [1.807, 2.05) is 32.9 Å². The van der Waals surface area contributed by atoms with Crippen LogP contribution in [0.5, 0.6) is 0 Å². The van der Waals surface area contributed by atoms with Gasteiger partial charge in [-0.05, 0) is 31.9 Å². The summed E-state index contributed by atoms with van der Waals surface area (Å²) in [5, 5.41) is 5.20. The third kappa shape index (κ3) is 5.71. The summed E-state index contributed by atoms with van der Waals surface area (Å²) in [5.74, 6) is -1.07. The van der Waals surface area contributed by atoms with Gasteiger partial charge in [-0.2, -0.15) is 0 Å². The van der Waals surface area contributed by atoms with E-state index in [4.69, 9.17) is 5.73 Å². The molecule has 7 nitrogen and oxygen atoms in total. The number of nitrogens with one attached hydrogen (secondary N) is 2. The highest BCUT2D eigenvalue weighted by molar-refractivity contribution is 5.96. The summed E-state index contributed by atoms with van der Waals surface area (Å²) in [4.78, 5) is 36.2. The summed E-state index contributed by atoms with van der Waals surface area (Å²) >= 11 is 0. The second-order valence-corrected chi connectivity index (χ2v) is 5.55.